The van der Waals surface area contributed by atoms with E-state index >= 15 is 0 Å². The van der Waals surface area contributed by atoms with E-state index < -0.39 is 0 Å². The lowest BCUT2D eigenvalue weighted by Gasteiger charge is -2.31. The van der Waals surface area contributed by atoms with E-state index in [0.29, 0.717) is 12.5 Å². The van der Waals surface area contributed by atoms with Crippen LogP contribution in [0.2, 0.25) is 0 Å². The van der Waals surface area contributed by atoms with Crippen molar-refractivity contribution in [2.45, 2.75) is 25.3 Å². The monoisotopic (exact) mass is 281 g/mol. The second kappa shape index (κ2) is 6.92. The van der Waals surface area contributed by atoms with Crippen molar-refractivity contribution in [1.29, 1.82) is 0 Å². The fourth-order valence-corrected chi connectivity index (χ4v) is 2.59. The molecule has 104 valence electrons. The number of alkyl halides is 1. The van der Waals surface area contributed by atoms with Gasteiger partial charge in [-0.05, 0) is 49.6 Å². The van der Waals surface area contributed by atoms with E-state index in [1.165, 1.54) is 5.56 Å². The summed E-state index contributed by atoms with van der Waals surface area (Å²) in [6, 6.07) is 5.93. The molecule has 0 amide bonds. The highest BCUT2D eigenvalue weighted by Gasteiger charge is 2.24. The van der Waals surface area contributed by atoms with Crippen LogP contribution in [0.5, 0.6) is 5.75 Å². The van der Waals surface area contributed by atoms with Crippen molar-refractivity contribution in [3.05, 3.63) is 29.3 Å². The molecule has 19 heavy (non-hydrogen) atoms. The minimum absolute atomic E-state index is 0.143. The summed E-state index contributed by atoms with van der Waals surface area (Å²) in [5, 5.41) is 0. The van der Waals surface area contributed by atoms with Crippen molar-refractivity contribution in [2.75, 3.05) is 26.1 Å². The highest BCUT2D eigenvalue weighted by Crippen LogP contribution is 2.30. The van der Waals surface area contributed by atoms with Crippen LogP contribution in [0.15, 0.2) is 18.2 Å². The number of nitrogens with zero attached hydrogens (tertiary/aromatic N) is 1. The molecule has 0 fully saturated rings. The predicted molar refractivity (Wildman–Crippen MR) is 77.0 cm³/mol. The van der Waals surface area contributed by atoms with Crippen LogP contribution in [0.25, 0.3) is 0 Å². The number of likely N-dealkylation sites (N-methyl/N-ethyl adjacent to an activating group) is 1. The Morgan fingerprint density at radius 1 is 1.47 bits per heavy atom. The molecule has 1 unspecified atom stereocenters. The van der Waals surface area contributed by atoms with Crippen molar-refractivity contribution in [2.24, 2.45) is 0 Å². The van der Waals surface area contributed by atoms with E-state index in [1.807, 2.05) is 19.2 Å². The van der Waals surface area contributed by atoms with Crippen LogP contribution < -0.4 is 4.74 Å². The molecule has 1 aliphatic rings. The van der Waals surface area contributed by atoms with Crippen LogP contribution in [0.4, 0.5) is 0 Å². The van der Waals surface area contributed by atoms with Gasteiger partial charge < -0.3 is 9.53 Å². The van der Waals surface area contributed by atoms with Gasteiger partial charge in [0.1, 0.15) is 12.0 Å². The quantitative estimate of drug-likeness (QED) is 0.456. The summed E-state index contributed by atoms with van der Waals surface area (Å²) in [6.07, 6.45) is 3.92. The van der Waals surface area contributed by atoms with Crippen LogP contribution >= 0.6 is 11.6 Å². The first-order valence-electron chi connectivity index (χ1n) is 6.73. The molecular weight excluding hydrogens is 262 g/mol. The van der Waals surface area contributed by atoms with Crippen LogP contribution in [0.3, 0.4) is 0 Å². The van der Waals surface area contributed by atoms with Gasteiger partial charge in [0.2, 0.25) is 0 Å². The number of carbonyl (C=O) groups is 1. The maximum absolute atomic E-state index is 11.2. The molecule has 0 aromatic heterocycles. The second-order valence-electron chi connectivity index (χ2n) is 4.92. The van der Waals surface area contributed by atoms with E-state index in [4.69, 9.17) is 16.3 Å². The molecule has 0 bridgehead atoms. The molecule has 2 rings (SSSR count). The Morgan fingerprint density at radius 2 is 2.32 bits per heavy atom. The highest BCUT2D eigenvalue weighted by atomic mass is 35.5. The molecule has 1 atom stereocenters. The number of unbranched alkanes of at least 4 members (excludes halogenated alkanes) is 1. The van der Waals surface area contributed by atoms with Gasteiger partial charge in [-0.15, -0.1) is 11.6 Å². The number of hydrogen-bond acceptors (Lipinski definition) is 3. The molecule has 1 aromatic rings. The highest BCUT2D eigenvalue weighted by molar-refractivity contribution is 6.17. The van der Waals surface area contributed by atoms with Gasteiger partial charge in [-0.3, -0.25) is 4.90 Å². The average molecular weight is 282 g/mol. The van der Waals surface area contributed by atoms with Crippen molar-refractivity contribution < 1.29 is 9.53 Å². The third-order valence-corrected chi connectivity index (χ3v) is 3.84. The van der Waals surface area contributed by atoms with Gasteiger partial charge >= 0.3 is 0 Å². The van der Waals surface area contributed by atoms with E-state index in [-0.39, 0.29) is 6.04 Å². The maximum Gasteiger partial charge on any atom is 0.141 e. The minimum atomic E-state index is -0.143. The molecule has 3 nitrogen and oxygen atoms in total. The molecule has 0 saturated heterocycles. The Kier molecular flexibility index (Phi) is 5.23. The van der Waals surface area contributed by atoms with Crippen molar-refractivity contribution in [3.8, 4) is 5.75 Å². The normalized spacial score (nSPS) is 18.9. The summed E-state index contributed by atoms with van der Waals surface area (Å²) in [4.78, 5) is 13.3. The zero-order valence-electron chi connectivity index (χ0n) is 11.3. The molecular formula is C15H20ClNO2. The number of aldehydes is 1. The molecule has 0 N–H and O–H groups in total. The zero-order valence-corrected chi connectivity index (χ0v) is 12.0. The second-order valence-corrected chi connectivity index (χ2v) is 5.29. The number of hydrogen-bond donors (Lipinski definition) is 0. The molecule has 1 heterocycles. The molecule has 0 aliphatic carbocycles. The fraction of sp³-hybridized carbons (Fsp3) is 0.533. The van der Waals surface area contributed by atoms with Crippen molar-refractivity contribution >= 4 is 17.9 Å². The van der Waals surface area contributed by atoms with Gasteiger partial charge in [0.05, 0.1) is 12.6 Å². The Bertz CT molecular complexity index is 436. The Labute approximate surface area is 119 Å². The van der Waals surface area contributed by atoms with E-state index in [2.05, 4.69) is 11.0 Å². The summed E-state index contributed by atoms with van der Waals surface area (Å²) in [7, 11) is 1.98. The maximum atomic E-state index is 11.2. The van der Waals surface area contributed by atoms with Gasteiger partial charge in [0, 0.05) is 12.4 Å². The average Bonchev–Trinajstić information content (AvgIpc) is 2.43. The molecule has 1 aromatic carbocycles. The minimum Gasteiger partial charge on any atom is -0.494 e. The fourth-order valence-electron chi connectivity index (χ4n) is 2.40. The Morgan fingerprint density at radius 3 is 3.05 bits per heavy atom. The number of halogens is 1. The first-order chi connectivity index (χ1) is 9.26. The Balaban J connectivity index is 2.08. The van der Waals surface area contributed by atoms with Crippen molar-refractivity contribution in [3.63, 3.8) is 0 Å². The van der Waals surface area contributed by atoms with E-state index in [1.54, 1.807) is 0 Å². The predicted octanol–water partition coefficient (Wildman–Crippen LogP) is 2.81. The summed E-state index contributed by atoms with van der Waals surface area (Å²) in [6.45, 7) is 1.60. The number of rotatable bonds is 6. The smallest absolute Gasteiger partial charge is 0.141 e. The summed E-state index contributed by atoms with van der Waals surface area (Å²) >= 11 is 5.63. The van der Waals surface area contributed by atoms with Gasteiger partial charge in [0.25, 0.3) is 0 Å². The lowest BCUT2D eigenvalue weighted by atomic mass is 9.93. The lowest BCUT2D eigenvalue weighted by Crippen LogP contribution is -2.32. The number of benzene rings is 1. The number of ether oxygens (including phenoxy) is 1. The first kappa shape index (κ1) is 14.4. The summed E-state index contributed by atoms with van der Waals surface area (Å²) < 4.78 is 5.71. The summed E-state index contributed by atoms with van der Waals surface area (Å²) in [5.74, 6) is 1.52. The number of carbonyl (C=O) groups excluding carboxylic acids is 1. The van der Waals surface area contributed by atoms with Gasteiger partial charge in [-0.25, -0.2) is 0 Å². The first-order valence-corrected chi connectivity index (χ1v) is 7.27. The van der Waals surface area contributed by atoms with E-state index in [0.717, 1.165) is 43.4 Å². The van der Waals surface area contributed by atoms with Crippen LogP contribution in [-0.4, -0.2) is 37.3 Å². The Hall–Kier alpha value is -1.06. The van der Waals surface area contributed by atoms with Crippen LogP contribution in [-0.2, 0) is 11.2 Å². The third kappa shape index (κ3) is 3.48. The molecule has 0 saturated carbocycles. The van der Waals surface area contributed by atoms with Gasteiger partial charge in [-0.1, -0.05) is 6.07 Å². The SMILES string of the molecule is CN1CCc2ccc(OCCCCCl)cc2C1C=O. The third-order valence-electron chi connectivity index (χ3n) is 3.57. The lowest BCUT2D eigenvalue weighted by molar-refractivity contribution is -0.112. The van der Waals surface area contributed by atoms with Crippen molar-refractivity contribution in [1.82, 2.24) is 4.90 Å². The zero-order chi connectivity index (χ0) is 13.7. The molecule has 1 aliphatic heterocycles. The molecule has 0 radical (unpaired) electrons. The standard InChI is InChI=1S/C15H20ClNO2/c1-17-8-6-12-4-5-13(19-9-3-2-7-16)10-14(12)15(17)11-18/h4-5,10-11,15H,2-3,6-9H2,1H3. The topological polar surface area (TPSA) is 29.5 Å². The van der Waals surface area contributed by atoms with Crippen LogP contribution in [0.1, 0.15) is 30.0 Å². The van der Waals surface area contributed by atoms with Crippen LogP contribution in [0, 0.1) is 0 Å². The molecule has 4 heteroatoms. The molecule has 0 spiro atoms. The van der Waals surface area contributed by atoms with Gasteiger partial charge in [0.15, 0.2) is 0 Å². The number of fused-ring (bicyclic) bond motifs is 1. The van der Waals surface area contributed by atoms with E-state index in [9.17, 15) is 4.79 Å². The summed E-state index contributed by atoms with van der Waals surface area (Å²) in [5.41, 5.74) is 2.34. The van der Waals surface area contributed by atoms with Gasteiger partial charge in [-0.2, -0.15) is 0 Å². The largest absolute Gasteiger partial charge is 0.494 e.